The molecular weight excluding hydrogens is 244 g/mol. The molecule has 0 saturated carbocycles. The van der Waals surface area contributed by atoms with Gasteiger partial charge in [0.15, 0.2) is 0 Å². The fourth-order valence-corrected chi connectivity index (χ4v) is 1.68. The Labute approximate surface area is 90.3 Å². The van der Waals surface area contributed by atoms with Crippen molar-refractivity contribution < 1.29 is 4.74 Å². The van der Waals surface area contributed by atoms with E-state index in [2.05, 4.69) is 25.9 Å². The predicted octanol–water partition coefficient (Wildman–Crippen LogP) is 2.79. The van der Waals surface area contributed by atoms with E-state index in [1.807, 2.05) is 19.1 Å². The van der Waals surface area contributed by atoms with E-state index in [4.69, 9.17) is 4.74 Å². The average Bonchev–Trinajstić information content (AvgIpc) is 2.19. The van der Waals surface area contributed by atoms with Gasteiger partial charge >= 0.3 is 0 Å². The van der Waals surface area contributed by atoms with Crippen LogP contribution < -0.4 is 4.74 Å². The maximum Gasteiger partial charge on any atom is 0.135 e. The van der Waals surface area contributed by atoms with Crippen LogP contribution in [0.3, 0.4) is 0 Å². The van der Waals surface area contributed by atoms with Crippen LogP contribution in [-0.4, -0.2) is 16.6 Å². The summed E-state index contributed by atoms with van der Waals surface area (Å²) in [5, 5.41) is 0. The first-order valence-corrected chi connectivity index (χ1v) is 5.13. The Morgan fingerprint density at radius 1 is 1.21 bits per heavy atom. The SMILES string of the molecule is CCOc1cc2nccnc2cc1Br. The molecule has 0 radical (unpaired) electrons. The molecule has 4 heteroatoms. The van der Waals surface area contributed by atoms with Crippen molar-refractivity contribution in [3.8, 4) is 5.75 Å². The summed E-state index contributed by atoms with van der Waals surface area (Å²) in [5.74, 6) is 0.806. The van der Waals surface area contributed by atoms with Crippen LogP contribution >= 0.6 is 15.9 Å². The van der Waals surface area contributed by atoms with Gasteiger partial charge in [-0.15, -0.1) is 0 Å². The Balaban J connectivity index is 2.59. The molecular formula is C10H9BrN2O. The highest BCUT2D eigenvalue weighted by molar-refractivity contribution is 9.10. The highest BCUT2D eigenvalue weighted by Crippen LogP contribution is 2.28. The second-order valence-electron chi connectivity index (χ2n) is 2.76. The van der Waals surface area contributed by atoms with Gasteiger partial charge in [-0.25, -0.2) is 0 Å². The summed E-state index contributed by atoms with van der Waals surface area (Å²) in [7, 11) is 0. The zero-order valence-electron chi connectivity index (χ0n) is 7.70. The fourth-order valence-electron chi connectivity index (χ4n) is 1.23. The molecule has 0 unspecified atom stereocenters. The first-order chi connectivity index (χ1) is 6.81. The van der Waals surface area contributed by atoms with E-state index in [0.29, 0.717) is 6.61 Å². The van der Waals surface area contributed by atoms with Gasteiger partial charge in [0.05, 0.1) is 22.1 Å². The maximum absolute atomic E-state index is 5.43. The van der Waals surface area contributed by atoms with E-state index in [9.17, 15) is 0 Å². The van der Waals surface area contributed by atoms with Gasteiger partial charge in [0, 0.05) is 18.5 Å². The molecule has 0 amide bonds. The molecule has 0 aliphatic carbocycles. The molecule has 1 heterocycles. The molecule has 1 aromatic heterocycles. The normalized spacial score (nSPS) is 10.4. The molecule has 0 aliphatic rings. The van der Waals surface area contributed by atoms with E-state index in [-0.39, 0.29) is 0 Å². The topological polar surface area (TPSA) is 35.0 Å². The summed E-state index contributed by atoms with van der Waals surface area (Å²) < 4.78 is 6.34. The molecule has 0 bridgehead atoms. The summed E-state index contributed by atoms with van der Waals surface area (Å²) in [6.45, 7) is 2.59. The first-order valence-electron chi connectivity index (χ1n) is 4.34. The minimum atomic E-state index is 0.643. The Bertz CT molecular complexity index is 459. The van der Waals surface area contributed by atoms with Gasteiger partial charge < -0.3 is 4.74 Å². The zero-order chi connectivity index (χ0) is 9.97. The van der Waals surface area contributed by atoms with Crippen LogP contribution in [0.2, 0.25) is 0 Å². The molecule has 0 saturated heterocycles. The van der Waals surface area contributed by atoms with Gasteiger partial charge in [-0.3, -0.25) is 9.97 Å². The number of ether oxygens (including phenoxy) is 1. The van der Waals surface area contributed by atoms with Crippen LogP contribution in [0.5, 0.6) is 5.75 Å². The van der Waals surface area contributed by atoms with Crippen molar-refractivity contribution in [2.24, 2.45) is 0 Å². The standard InChI is InChI=1S/C10H9BrN2O/c1-2-14-10-6-9-8(5-7(10)11)12-3-4-13-9/h3-6H,2H2,1H3. The van der Waals surface area contributed by atoms with Crippen LogP contribution in [0.4, 0.5) is 0 Å². The van der Waals surface area contributed by atoms with Gasteiger partial charge in [-0.1, -0.05) is 0 Å². The molecule has 1 aromatic carbocycles. The lowest BCUT2D eigenvalue weighted by Gasteiger charge is -2.06. The number of benzene rings is 1. The van der Waals surface area contributed by atoms with Crippen LogP contribution in [-0.2, 0) is 0 Å². The Morgan fingerprint density at radius 2 is 1.86 bits per heavy atom. The van der Waals surface area contributed by atoms with Crippen molar-refractivity contribution in [3.63, 3.8) is 0 Å². The molecule has 72 valence electrons. The molecule has 0 aliphatic heterocycles. The third-order valence-electron chi connectivity index (χ3n) is 1.82. The minimum Gasteiger partial charge on any atom is -0.493 e. The van der Waals surface area contributed by atoms with E-state index in [1.54, 1.807) is 12.4 Å². The van der Waals surface area contributed by atoms with Crippen LogP contribution in [0, 0.1) is 0 Å². The van der Waals surface area contributed by atoms with E-state index in [0.717, 1.165) is 21.3 Å². The third kappa shape index (κ3) is 1.70. The van der Waals surface area contributed by atoms with E-state index >= 15 is 0 Å². The van der Waals surface area contributed by atoms with Crippen molar-refractivity contribution in [1.82, 2.24) is 9.97 Å². The quantitative estimate of drug-likeness (QED) is 0.825. The maximum atomic E-state index is 5.43. The van der Waals surface area contributed by atoms with E-state index < -0.39 is 0 Å². The highest BCUT2D eigenvalue weighted by atomic mass is 79.9. The highest BCUT2D eigenvalue weighted by Gasteiger charge is 2.04. The van der Waals surface area contributed by atoms with Crippen LogP contribution in [0.25, 0.3) is 11.0 Å². The summed E-state index contributed by atoms with van der Waals surface area (Å²) in [4.78, 5) is 8.40. The van der Waals surface area contributed by atoms with Gasteiger partial charge in [-0.2, -0.15) is 0 Å². The van der Waals surface area contributed by atoms with Crippen LogP contribution in [0.15, 0.2) is 29.0 Å². The third-order valence-corrected chi connectivity index (χ3v) is 2.44. The van der Waals surface area contributed by atoms with Gasteiger partial charge in [0.1, 0.15) is 5.75 Å². The van der Waals surface area contributed by atoms with E-state index in [1.165, 1.54) is 0 Å². The summed E-state index contributed by atoms with van der Waals surface area (Å²) in [6, 6.07) is 3.79. The second-order valence-corrected chi connectivity index (χ2v) is 3.62. The summed E-state index contributed by atoms with van der Waals surface area (Å²) in [5.41, 5.74) is 1.71. The van der Waals surface area contributed by atoms with Gasteiger partial charge in [0.2, 0.25) is 0 Å². The first kappa shape index (κ1) is 9.40. The lowest BCUT2D eigenvalue weighted by molar-refractivity contribution is 0.338. The number of hydrogen-bond acceptors (Lipinski definition) is 3. The zero-order valence-corrected chi connectivity index (χ0v) is 9.28. The Morgan fingerprint density at radius 3 is 2.50 bits per heavy atom. The van der Waals surface area contributed by atoms with Gasteiger partial charge in [0.25, 0.3) is 0 Å². The lowest BCUT2D eigenvalue weighted by atomic mass is 10.3. The molecule has 3 nitrogen and oxygen atoms in total. The molecule has 0 fully saturated rings. The molecule has 0 spiro atoms. The minimum absolute atomic E-state index is 0.643. The molecule has 2 rings (SSSR count). The Kier molecular flexibility index (Phi) is 2.63. The number of halogens is 1. The molecule has 0 atom stereocenters. The summed E-state index contributed by atoms with van der Waals surface area (Å²) >= 11 is 3.43. The number of aromatic nitrogens is 2. The van der Waals surface area contributed by atoms with Crippen molar-refractivity contribution in [3.05, 3.63) is 29.0 Å². The van der Waals surface area contributed by atoms with Crippen molar-refractivity contribution in [2.75, 3.05) is 6.61 Å². The second kappa shape index (κ2) is 3.92. The van der Waals surface area contributed by atoms with Crippen molar-refractivity contribution in [1.29, 1.82) is 0 Å². The smallest absolute Gasteiger partial charge is 0.135 e. The van der Waals surface area contributed by atoms with Gasteiger partial charge in [-0.05, 0) is 28.9 Å². The lowest BCUT2D eigenvalue weighted by Crippen LogP contribution is -1.93. The molecule has 2 aromatic rings. The molecule has 14 heavy (non-hydrogen) atoms. The van der Waals surface area contributed by atoms with Crippen molar-refractivity contribution in [2.45, 2.75) is 6.92 Å². The average molecular weight is 253 g/mol. The van der Waals surface area contributed by atoms with Crippen LogP contribution in [0.1, 0.15) is 6.92 Å². The van der Waals surface area contributed by atoms with Crippen molar-refractivity contribution >= 4 is 27.0 Å². The largest absolute Gasteiger partial charge is 0.493 e. The monoisotopic (exact) mass is 252 g/mol. The number of rotatable bonds is 2. The summed E-state index contributed by atoms with van der Waals surface area (Å²) in [6.07, 6.45) is 3.35. The Hall–Kier alpha value is -1.16. The fraction of sp³-hybridized carbons (Fsp3) is 0.200. The number of fused-ring (bicyclic) bond motifs is 1. The molecule has 0 N–H and O–H groups in total. The number of hydrogen-bond donors (Lipinski definition) is 0. The predicted molar refractivity (Wildman–Crippen MR) is 58.4 cm³/mol. The number of nitrogens with zero attached hydrogens (tertiary/aromatic N) is 2.